The first-order valence-corrected chi connectivity index (χ1v) is 6.22. The molecule has 3 nitrogen and oxygen atoms in total. The highest BCUT2D eigenvalue weighted by atomic mass is 32.2. The Morgan fingerprint density at radius 1 is 1.43 bits per heavy atom. The molecule has 84 valence electrons. The van der Waals surface area contributed by atoms with Crippen LogP contribution in [0.3, 0.4) is 0 Å². The van der Waals surface area contributed by atoms with Crippen LogP contribution < -0.4 is 5.73 Å². The summed E-state index contributed by atoms with van der Waals surface area (Å²) in [4.78, 5) is 10.7. The number of rotatable bonds is 8. The van der Waals surface area contributed by atoms with Crippen LogP contribution in [0.25, 0.3) is 0 Å². The Morgan fingerprint density at radius 2 is 2.14 bits per heavy atom. The van der Waals surface area contributed by atoms with Crippen molar-refractivity contribution >= 4 is 17.7 Å². The van der Waals surface area contributed by atoms with Crippen LogP contribution in [0.4, 0.5) is 0 Å². The maximum atomic E-state index is 10.7. The monoisotopic (exact) mass is 219 g/mol. The zero-order chi connectivity index (χ0) is 10.8. The van der Waals surface area contributed by atoms with Crippen molar-refractivity contribution in [1.29, 1.82) is 0 Å². The number of unbranched alkanes of at least 4 members (excludes halogenated alkanes) is 1. The summed E-state index contributed by atoms with van der Waals surface area (Å²) in [6.45, 7) is 2.03. The van der Waals surface area contributed by atoms with Crippen LogP contribution >= 0.6 is 11.8 Å². The number of carbonyl (C=O) groups is 1. The summed E-state index contributed by atoms with van der Waals surface area (Å²) >= 11 is 1.81. The second kappa shape index (κ2) is 9.34. The van der Waals surface area contributed by atoms with Crippen molar-refractivity contribution < 1.29 is 9.53 Å². The Hall–Kier alpha value is -0.220. The number of thioether (sulfide) groups is 1. The number of nitrogens with two attached hydrogens (primary N) is 1. The van der Waals surface area contributed by atoms with E-state index >= 15 is 0 Å². The van der Waals surface area contributed by atoms with Crippen molar-refractivity contribution in [3.63, 3.8) is 0 Å². The predicted molar refractivity (Wildman–Crippen MR) is 61.5 cm³/mol. The van der Waals surface area contributed by atoms with Crippen LogP contribution in [-0.4, -0.2) is 30.6 Å². The molecular formula is C10H21NO2S. The van der Waals surface area contributed by atoms with Gasteiger partial charge >= 0.3 is 5.97 Å². The quantitative estimate of drug-likeness (QED) is 0.499. The number of hydrogen-bond donors (Lipinski definition) is 1. The molecule has 0 aliphatic rings. The lowest BCUT2D eigenvalue weighted by Crippen LogP contribution is -2.14. The molecule has 0 aromatic carbocycles. The number of esters is 1. The molecule has 4 heteroatoms. The van der Waals surface area contributed by atoms with Crippen LogP contribution in [0.1, 0.15) is 32.6 Å². The van der Waals surface area contributed by atoms with Crippen LogP contribution in [-0.2, 0) is 9.53 Å². The molecule has 14 heavy (non-hydrogen) atoms. The minimum Gasteiger partial charge on any atom is -0.469 e. The van der Waals surface area contributed by atoms with Gasteiger partial charge in [-0.05, 0) is 25.5 Å². The van der Waals surface area contributed by atoms with E-state index in [1.54, 1.807) is 11.8 Å². The van der Waals surface area contributed by atoms with Gasteiger partial charge in [0.05, 0.1) is 13.5 Å². The summed E-state index contributed by atoms with van der Waals surface area (Å²) in [7, 11) is 1.43. The predicted octanol–water partition coefficient (Wildman–Crippen LogP) is 1.80. The fourth-order valence-corrected chi connectivity index (χ4v) is 1.95. The highest BCUT2D eigenvalue weighted by Gasteiger charge is 1.99. The molecule has 0 saturated carbocycles. The number of methoxy groups -OCH3 is 1. The van der Waals surface area contributed by atoms with Gasteiger partial charge in [0.2, 0.25) is 0 Å². The minimum atomic E-state index is -0.118. The largest absolute Gasteiger partial charge is 0.469 e. The second-order valence-corrected chi connectivity index (χ2v) is 4.64. The van der Waals surface area contributed by atoms with E-state index in [1.165, 1.54) is 20.0 Å². The first-order chi connectivity index (χ1) is 6.66. The van der Waals surface area contributed by atoms with Gasteiger partial charge in [0.15, 0.2) is 0 Å². The number of carbonyl (C=O) groups excluding carboxylic acids is 1. The molecule has 0 aliphatic carbocycles. The van der Waals surface area contributed by atoms with Crippen LogP contribution in [0, 0.1) is 0 Å². The topological polar surface area (TPSA) is 52.3 Å². The van der Waals surface area contributed by atoms with Crippen molar-refractivity contribution in [2.24, 2.45) is 5.73 Å². The average molecular weight is 219 g/mol. The third-order valence-corrected chi connectivity index (χ3v) is 2.95. The fourth-order valence-electron chi connectivity index (χ4n) is 1.03. The Morgan fingerprint density at radius 3 is 2.71 bits per heavy atom. The molecule has 1 atom stereocenters. The highest BCUT2D eigenvalue weighted by Crippen LogP contribution is 2.08. The summed E-state index contributed by atoms with van der Waals surface area (Å²) in [5, 5.41) is 0. The summed E-state index contributed by atoms with van der Waals surface area (Å²) in [6, 6.07) is 0.315. The van der Waals surface area contributed by atoms with Gasteiger partial charge < -0.3 is 10.5 Å². The highest BCUT2D eigenvalue weighted by molar-refractivity contribution is 7.99. The lowest BCUT2D eigenvalue weighted by Gasteiger charge is -2.04. The van der Waals surface area contributed by atoms with Gasteiger partial charge in [-0.1, -0.05) is 6.42 Å². The Labute approximate surface area is 90.8 Å². The van der Waals surface area contributed by atoms with Crippen molar-refractivity contribution in [3.8, 4) is 0 Å². The van der Waals surface area contributed by atoms with Gasteiger partial charge in [-0.15, -0.1) is 0 Å². The fraction of sp³-hybridized carbons (Fsp3) is 0.900. The van der Waals surface area contributed by atoms with Gasteiger partial charge in [-0.2, -0.15) is 11.8 Å². The van der Waals surface area contributed by atoms with E-state index in [9.17, 15) is 4.79 Å². The Kier molecular flexibility index (Phi) is 9.19. The van der Waals surface area contributed by atoms with E-state index < -0.39 is 0 Å². The van der Waals surface area contributed by atoms with E-state index in [0.29, 0.717) is 12.5 Å². The SMILES string of the molecule is COC(=O)CCSCCCCC(C)N. The summed E-state index contributed by atoms with van der Waals surface area (Å²) in [6.07, 6.45) is 3.99. The molecular weight excluding hydrogens is 198 g/mol. The van der Waals surface area contributed by atoms with Gasteiger partial charge in [0.1, 0.15) is 0 Å². The van der Waals surface area contributed by atoms with Crippen molar-refractivity contribution in [2.45, 2.75) is 38.6 Å². The molecule has 0 aromatic rings. The van der Waals surface area contributed by atoms with Crippen molar-refractivity contribution in [1.82, 2.24) is 0 Å². The average Bonchev–Trinajstić information content (AvgIpc) is 2.15. The van der Waals surface area contributed by atoms with Crippen molar-refractivity contribution in [3.05, 3.63) is 0 Å². The molecule has 0 aliphatic heterocycles. The normalized spacial score (nSPS) is 12.5. The zero-order valence-electron chi connectivity index (χ0n) is 9.12. The number of ether oxygens (including phenoxy) is 1. The van der Waals surface area contributed by atoms with E-state index in [1.807, 2.05) is 6.92 Å². The number of hydrogen-bond acceptors (Lipinski definition) is 4. The van der Waals surface area contributed by atoms with E-state index in [0.717, 1.165) is 17.9 Å². The van der Waals surface area contributed by atoms with Gasteiger partial charge in [-0.3, -0.25) is 4.79 Å². The third-order valence-electron chi connectivity index (χ3n) is 1.88. The molecule has 0 fully saturated rings. The Balaban J connectivity index is 3.03. The summed E-state index contributed by atoms with van der Waals surface area (Å²) < 4.78 is 4.54. The summed E-state index contributed by atoms with van der Waals surface area (Å²) in [5.41, 5.74) is 5.62. The first-order valence-electron chi connectivity index (χ1n) is 5.07. The van der Waals surface area contributed by atoms with Crippen LogP contribution in [0.5, 0.6) is 0 Å². The molecule has 1 unspecified atom stereocenters. The molecule has 0 radical (unpaired) electrons. The van der Waals surface area contributed by atoms with Gasteiger partial charge in [0.25, 0.3) is 0 Å². The molecule has 0 bridgehead atoms. The Bertz CT molecular complexity index is 151. The molecule has 0 spiro atoms. The lowest BCUT2D eigenvalue weighted by molar-refractivity contribution is -0.140. The molecule has 0 saturated heterocycles. The smallest absolute Gasteiger partial charge is 0.306 e. The maximum Gasteiger partial charge on any atom is 0.306 e. The molecule has 0 amide bonds. The van der Waals surface area contributed by atoms with E-state index in [-0.39, 0.29) is 5.97 Å². The van der Waals surface area contributed by atoms with E-state index in [2.05, 4.69) is 4.74 Å². The van der Waals surface area contributed by atoms with Crippen molar-refractivity contribution in [2.75, 3.05) is 18.6 Å². The zero-order valence-corrected chi connectivity index (χ0v) is 9.94. The molecule has 0 heterocycles. The van der Waals surface area contributed by atoms with Crippen LogP contribution in [0.15, 0.2) is 0 Å². The van der Waals surface area contributed by atoms with Crippen LogP contribution in [0.2, 0.25) is 0 Å². The standard InChI is InChI=1S/C10H21NO2S/c1-9(11)5-3-4-7-14-8-6-10(12)13-2/h9H,3-8,11H2,1-2H3. The van der Waals surface area contributed by atoms with Gasteiger partial charge in [-0.25, -0.2) is 0 Å². The second-order valence-electron chi connectivity index (χ2n) is 3.41. The first kappa shape index (κ1) is 13.8. The lowest BCUT2D eigenvalue weighted by atomic mass is 10.2. The van der Waals surface area contributed by atoms with E-state index in [4.69, 9.17) is 5.73 Å². The molecule has 2 N–H and O–H groups in total. The molecule has 0 rings (SSSR count). The molecule has 0 aromatic heterocycles. The van der Waals surface area contributed by atoms with Gasteiger partial charge in [0, 0.05) is 11.8 Å². The summed E-state index contributed by atoms with van der Waals surface area (Å²) in [5.74, 6) is 1.86. The minimum absolute atomic E-state index is 0.118. The maximum absolute atomic E-state index is 10.7. The third kappa shape index (κ3) is 9.86.